The Balaban J connectivity index is 2.66. The van der Waals surface area contributed by atoms with E-state index in [0.29, 0.717) is 10.0 Å². The number of rotatable bonds is 2. The SMILES string of the molecule is CC(C)(C)OC(=O)N(Cl)Cc1ccc(Br)c(F)c1. The molecule has 1 amide bonds. The highest BCUT2D eigenvalue weighted by Gasteiger charge is 2.21. The van der Waals surface area contributed by atoms with Gasteiger partial charge in [0.25, 0.3) is 0 Å². The van der Waals surface area contributed by atoms with Gasteiger partial charge in [-0.15, -0.1) is 0 Å². The predicted octanol–water partition coefficient (Wildman–Crippen LogP) is 4.48. The maximum absolute atomic E-state index is 13.3. The van der Waals surface area contributed by atoms with Crippen molar-refractivity contribution in [2.75, 3.05) is 0 Å². The summed E-state index contributed by atoms with van der Waals surface area (Å²) in [5, 5.41) is 0. The molecule has 1 aromatic rings. The molecule has 3 nitrogen and oxygen atoms in total. The van der Waals surface area contributed by atoms with Crippen LogP contribution in [0.15, 0.2) is 22.7 Å². The van der Waals surface area contributed by atoms with Gasteiger partial charge >= 0.3 is 6.09 Å². The Hall–Kier alpha value is -0.810. The molecule has 0 spiro atoms. The van der Waals surface area contributed by atoms with Crippen molar-refractivity contribution in [2.24, 2.45) is 0 Å². The Morgan fingerprint density at radius 3 is 2.61 bits per heavy atom. The summed E-state index contributed by atoms with van der Waals surface area (Å²) in [4.78, 5) is 11.6. The lowest BCUT2D eigenvalue weighted by molar-refractivity contribution is 0.0383. The van der Waals surface area contributed by atoms with Crippen molar-refractivity contribution >= 4 is 33.8 Å². The predicted molar refractivity (Wildman–Crippen MR) is 71.7 cm³/mol. The Morgan fingerprint density at radius 1 is 1.50 bits per heavy atom. The molecule has 6 heteroatoms. The molecule has 0 fully saturated rings. The van der Waals surface area contributed by atoms with Crippen molar-refractivity contribution in [3.8, 4) is 0 Å². The van der Waals surface area contributed by atoms with Crippen LogP contribution in [0.4, 0.5) is 9.18 Å². The second kappa shape index (κ2) is 5.89. The topological polar surface area (TPSA) is 29.5 Å². The van der Waals surface area contributed by atoms with Gasteiger partial charge in [0, 0.05) is 11.8 Å². The van der Waals surface area contributed by atoms with Crippen LogP contribution in [0.3, 0.4) is 0 Å². The van der Waals surface area contributed by atoms with Gasteiger partial charge in [0.2, 0.25) is 0 Å². The molecule has 18 heavy (non-hydrogen) atoms. The lowest BCUT2D eigenvalue weighted by Crippen LogP contribution is -2.31. The molecule has 0 bridgehead atoms. The molecule has 0 aliphatic rings. The van der Waals surface area contributed by atoms with Gasteiger partial charge in [-0.3, -0.25) is 0 Å². The molecule has 0 saturated heterocycles. The van der Waals surface area contributed by atoms with Crippen molar-refractivity contribution < 1.29 is 13.9 Å². The maximum Gasteiger partial charge on any atom is 0.425 e. The van der Waals surface area contributed by atoms with E-state index in [1.54, 1.807) is 32.9 Å². The van der Waals surface area contributed by atoms with E-state index >= 15 is 0 Å². The number of amides is 1. The van der Waals surface area contributed by atoms with Crippen LogP contribution in [0, 0.1) is 5.82 Å². The minimum absolute atomic E-state index is 0.0701. The van der Waals surface area contributed by atoms with E-state index in [4.69, 9.17) is 16.5 Å². The quantitative estimate of drug-likeness (QED) is 0.744. The van der Waals surface area contributed by atoms with E-state index in [0.717, 1.165) is 4.42 Å². The molecule has 0 aromatic heterocycles. The average Bonchev–Trinajstić information content (AvgIpc) is 2.21. The fourth-order valence-electron chi connectivity index (χ4n) is 1.17. The minimum atomic E-state index is -0.660. The van der Waals surface area contributed by atoms with Crippen molar-refractivity contribution in [2.45, 2.75) is 32.9 Å². The minimum Gasteiger partial charge on any atom is -0.443 e. The van der Waals surface area contributed by atoms with E-state index in [2.05, 4.69) is 15.9 Å². The fourth-order valence-corrected chi connectivity index (χ4v) is 1.59. The number of hydrogen-bond donors (Lipinski definition) is 0. The molecule has 1 rings (SSSR count). The first-order valence-electron chi connectivity index (χ1n) is 5.29. The zero-order valence-corrected chi connectivity index (χ0v) is 12.7. The number of nitrogens with zero attached hydrogens (tertiary/aromatic N) is 1. The maximum atomic E-state index is 13.3. The van der Waals surface area contributed by atoms with Gasteiger partial charge in [0.15, 0.2) is 0 Å². The van der Waals surface area contributed by atoms with Crippen LogP contribution in [-0.2, 0) is 11.3 Å². The molecule has 0 heterocycles. The number of halogens is 3. The van der Waals surface area contributed by atoms with Gasteiger partial charge in [0.1, 0.15) is 11.4 Å². The van der Waals surface area contributed by atoms with E-state index in [9.17, 15) is 9.18 Å². The third kappa shape index (κ3) is 4.82. The highest BCUT2D eigenvalue weighted by atomic mass is 79.9. The molecule has 0 radical (unpaired) electrons. The molecule has 0 N–H and O–H groups in total. The summed E-state index contributed by atoms with van der Waals surface area (Å²) in [6.07, 6.45) is -0.660. The first-order valence-corrected chi connectivity index (χ1v) is 6.42. The monoisotopic (exact) mass is 337 g/mol. The second-order valence-corrected chi connectivity index (χ2v) is 6.01. The molecular weight excluding hydrogens is 324 g/mol. The molecular formula is C12H14BrClFNO2. The Morgan fingerprint density at radius 2 is 2.11 bits per heavy atom. The zero-order valence-electron chi connectivity index (χ0n) is 10.3. The largest absolute Gasteiger partial charge is 0.443 e. The summed E-state index contributed by atoms with van der Waals surface area (Å²) >= 11 is 8.84. The van der Waals surface area contributed by atoms with Crippen LogP contribution in [0.1, 0.15) is 26.3 Å². The molecule has 0 aliphatic heterocycles. The molecule has 0 saturated carbocycles. The smallest absolute Gasteiger partial charge is 0.425 e. The lowest BCUT2D eigenvalue weighted by Gasteiger charge is -2.23. The third-order valence-electron chi connectivity index (χ3n) is 1.90. The summed E-state index contributed by atoms with van der Waals surface area (Å²) in [5.74, 6) is -0.401. The van der Waals surface area contributed by atoms with Crippen LogP contribution in [-0.4, -0.2) is 16.1 Å². The van der Waals surface area contributed by atoms with E-state index < -0.39 is 17.5 Å². The Labute approximate surface area is 119 Å². The molecule has 0 unspecified atom stereocenters. The molecule has 1 aromatic carbocycles. The van der Waals surface area contributed by atoms with E-state index in [1.807, 2.05) is 0 Å². The normalized spacial score (nSPS) is 11.2. The molecule has 100 valence electrons. The van der Waals surface area contributed by atoms with Crippen LogP contribution >= 0.6 is 27.7 Å². The van der Waals surface area contributed by atoms with Crippen LogP contribution in [0.25, 0.3) is 0 Å². The average molecular weight is 339 g/mol. The summed E-state index contributed by atoms with van der Waals surface area (Å²) in [5.41, 5.74) is -0.0357. The highest BCUT2D eigenvalue weighted by Crippen LogP contribution is 2.19. The van der Waals surface area contributed by atoms with Crippen molar-refractivity contribution in [3.63, 3.8) is 0 Å². The highest BCUT2D eigenvalue weighted by molar-refractivity contribution is 9.10. The summed E-state index contributed by atoms with van der Waals surface area (Å²) < 4.78 is 19.6. The van der Waals surface area contributed by atoms with E-state index in [-0.39, 0.29) is 6.54 Å². The van der Waals surface area contributed by atoms with Crippen molar-refractivity contribution in [3.05, 3.63) is 34.1 Å². The Kier molecular flexibility index (Phi) is 4.99. The zero-order chi connectivity index (χ0) is 13.9. The molecule has 0 atom stereocenters. The van der Waals surface area contributed by atoms with Gasteiger partial charge in [-0.05, 0) is 54.4 Å². The molecule has 0 aliphatic carbocycles. The summed E-state index contributed by atoms with van der Waals surface area (Å²) in [7, 11) is 0. The van der Waals surface area contributed by atoms with Gasteiger partial charge in [0.05, 0.1) is 11.0 Å². The van der Waals surface area contributed by atoms with Gasteiger partial charge in [-0.2, -0.15) is 0 Å². The number of ether oxygens (including phenoxy) is 1. The standard InChI is InChI=1S/C12H14BrClFNO2/c1-12(2,3)18-11(17)16(14)7-8-4-5-9(13)10(15)6-8/h4-6H,7H2,1-3H3. The van der Waals surface area contributed by atoms with Crippen molar-refractivity contribution in [1.29, 1.82) is 0 Å². The van der Waals surface area contributed by atoms with Crippen LogP contribution < -0.4 is 0 Å². The number of benzene rings is 1. The number of hydrogen-bond acceptors (Lipinski definition) is 2. The first-order chi connectivity index (χ1) is 8.19. The van der Waals surface area contributed by atoms with Gasteiger partial charge in [-0.1, -0.05) is 6.07 Å². The Bertz CT molecular complexity index is 448. The number of carbonyl (C=O) groups is 1. The van der Waals surface area contributed by atoms with Crippen LogP contribution in [0.5, 0.6) is 0 Å². The number of carbonyl (C=O) groups excluding carboxylic acids is 1. The third-order valence-corrected chi connectivity index (χ3v) is 2.80. The van der Waals surface area contributed by atoms with Crippen molar-refractivity contribution in [1.82, 2.24) is 4.42 Å². The fraction of sp³-hybridized carbons (Fsp3) is 0.417. The van der Waals surface area contributed by atoms with Gasteiger partial charge in [-0.25, -0.2) is 13.6 Å². The van der Waals surface area contributed by atoms with Crippen LogP contribution in [0.2, 0.25) is 0 Å². The lowest BCUT2D eigenvalue weighted by atomic mass is 10.2. The first kappa shape index (κ1) is 15.2. The second-order valence-electron chi connectivity index (χ2n) is 4.75. The summed E-state index contributed by atoms with van der Waals surface area (Å²) in [6.45, 7) is 5.31. The van der Waals surface area contributed by atoms with Gasteiger partial charge < -0.3 is 4.74 Å². The summed E-state index contributed by atoms with van der Waals surface area (Å²) in [6, 6.07) is 4.54. The van der Waals surface area contributed by atoms with E-state index in [1.165, 1.54) is 6.07 Å².